The third-order valence-corrected chi connectivity index (χ3v) is 2.45. The highest BCUT2D eigenvalue weighted by Gasteiger charge is 2.08. The molecule has 1 heterocycles. The minimum atomic E-state index is -0.411. The second kappa shape index (κ2) is 6.66. The quantitative estimate of drug-likeness (QED) is 0.675. The van der Waals surface area contributed by atoms with Gasteiger partial charge in [0.2, 0.25) is 0 Å². The van der Waals surface area contributed by atoms with E-state index in [2.05, 4.69) is 6.92 Å². The van der Waals surface area contributed by atoms with Gasteiger partial charge in [0.25, 0.3) is 0 Å². The van der Waals surface area contributed by atoms with Gasteiger partial charge in [-0.05, 0) is 18.6 Å². The van der Waals surface area contributed by atoms with Gasteiger partial charge < -0.3 is 9.52 Å². The van der Waals surface area contributed by atoms with E-state index in [1.165, 1.54) is 25.7 Å². The Bertz CT molecular complexity index is 216. The van der Waals surface area contributed by atoms with Crippen LogP contribution in [0.2, 0.25) is 0 Å². The lowest BCUT2D eigenvalue weighted by Gasteiger charge is -2.06. The van der Waals surface area contributed by atoms with Crippen LogP contribution < -0.4 is 0 Å². The molecule has 80 valence electrons. The highest BCUT2D eigenvalue weighted by Crippen LogP contribution is 2.20. The molecular weight excluding hydrogens is 176 g/mol. The molecule has 1 unspecified atom stereocenters. The average Bonchev–Trinajstić information content (AvgIpc) is 2.70. The molecule has 0 amide bonds. The summed E-state index contributed by atoms with van der Waals surface area (Å²) in [5, 5.41) is 9.67. The molecule has 1 aromatic heterocycles. The molecule has 1 N–H and O–H groups in total. The van der Waals surface area contributed by atoms with Crippen LogP contribution in [0.5, 0.6) is 0 Å². The summed E-state index contributed by atoms with van der Waals surface area (Å²) in [4.78, 5) is 0. The molecule has 0 aliphatic heterocycles. The van der Waals surface area contributed by atoms with Gasteiger partial charge in [-0.2, -0.15) is 0 Å². The van der Waals surface area contributed by atoms with Crippen molar-refractivity contribution in [3.63, 3.8) is 0 Å². The lowest BCUT2D eigenvalue weighted by atomic mass is 10.1. The molecule has 0 aliphatic rings. The molecule has 1 rings (SSSR count). The summed E-state index contributed by atoms with van der Waals surface area (Å²) in [5.41, 5.74) is 0. The van der Waals surface area contributed by atoms with E-state index in [-0.39, 0.29) is 0 Å². The maximum atomic E-state index is 9.67. The van der Waals surface area contributed by atoms with Crippen LogP contribution in [-0.4, -0.2) is 5.11 Å². The lowest BCUT2D eigenvalue weighted by Crippen LogP contribution is -1.95. The molecule has 0 spiro atoms. The predicted molar refractivity (Wildman–Crippen MR) is 57.0 cm³/mol. The summed E-state index contributed by atoms with van der Waals surface area (Å²) in [6.07, 6.45) is 8.16. The molecule has 1 aromatic rings. The lowest BCUT2D eigenvalue weighted by molar-refractivity contribution is 0.136. The van der Waals surface area contributed by atoms with Crippen molar-refractivity contribution in [1.29, 1.82) is 0 Å². The zero-order chi connectivity index (χ0) is 10.2. The van der Waals surface area contributed by atoms with Crippen molar-refractivity contribution >= 4 is 0 Å². The second-order valence-electron chi connectivity index (χ2n) is 3.73. The van der Waals surface area contributed by atoms with Gasteiger partial charge in [0.05, 0.1) is 6.26 Å². The van der Waals surface area contributed by atoms with Gasteiger partial charge >= 0.3 is 0 Å². The highest BCUT2D eigenvalue weighted by atomic mass is 16.4. The molecule has 0 saturated heterocycles. The molecule has 0 fully saturated rings. The van der Waals surface area contributed by atoms with Gasteiger partial charge in [-0.1, -0.05) is 39.0 Å². The van der Waals surface area contributed by atoms with E-state index in [0.717, 1.165) is 12.8 Å². The van der Waals surface area contributed by atoms with Gasteiger partial charge in [-0.15, -0.1) is 0 Å². The monoisotopic (exact) mass is 196 g/mol. The fraction of sp³-hybridized carbons (Fsp3) is 0.667. The zero-order valence-electron chi connectivity index (χ0n) is 8.91. The standard InChI is InChI=1S/C12H20O2/c1-2-3-4-5-6-8-11(13)12-9-7-10-14-12/h7,9-11,13H,2-6,8H2,1H3. The molecule has 0 saturated carbocycles. The van der Waals surface area contributed by atoms with Gasteiger partial charge in [0.1, 0.15) is 11.9 Å². The van der Waals surface area contributed by atoms with Crippen LogP contribution in [0.25, 0.3) is 0 Å². The number of aliphatic hydroxyl groups excluding tert-OH is 1. The topological polar surface area (TPSA) is 33.4 Å². The molecule has 14 heavy (non-hydrogen) atoms. The van der Waals surface area contributed by atoms with E-state index < -0.39 is 6.10 Å². The van der Waals surface area contributed by atoms with Crippen molar-refractivity contribution < 1.29 is 9.52 Å². The summed E-state index contributed by atoms with van der Waals surface area (Å²) in [5.74, 6) is 0.695. The smallest absolute Gasteiger partial charge is 0.132 e. The molecule has 1 atom stereocenters. The van der Waals surface area contributed by atoms with Crippen molar-refractivity contribution in [1.82, 2.24) is 0 Å². The Labute approximate surface area is 85.9 Å². The van der Waals surface area contributed by atoms with Gasteiger partial charge in [-0.3, -0.25) is 0 Å². The van der Waals surface area contributed by atoms with E-state index >= 15 is 0 Å². The van der Waals surface area contributed by atoms with Crippen molar-refractivity contribution in [2.24, 2.45) is 0 Å². The Morgan fingerprint density at radius 2 is 2.07 bits per heavy atom. The molecule has 2 heteroatoms. The Kier molecular flexibility index (Phi) is 5.38. The Morgan fingerprint density at radius 3 is 2.71 bits per heavy atom. The largest absolute Gasteiger partial charge is 0.467 e. The van der Waals surface area contributed by atoms with Gasteiger partial charge in [-0.25, -0.2) is 0 Å². The third-order valence-electron chi connectivity index (χ3n) is 2.45. The third kappa shape index (κ3) is 3.97. The van der Waals surface area contributed by atoms with Crippen LogP contribution in [0.15, 0.2) is 22.8 Å². The summed E-state index contributed by atoms with van der Waals surface area (Å²) in [7, 11) is 0. The zero-order valence-corrected chi connectivity index (χ0v) is 8.91. The number of rotatable bonds is 7. The molecule has 0 radical (unpaired) electrons. The maximum Gasteiger partial charge on any atom is 0.132 e. The summed E-state index contributed by atoms with van der Waals surface area (Å²) in [6.45, 7) is 2.21. The van der Waals surface area contributed by atoms with Crippen molar-refractivity contribution in [2.75, 3.05) is 0 Å². The fourth-order valence-electron chi connectivity index (χ4n) is 1.56. The molecule has 0 aromatic carbocycles. The van der Waals surface area contributed by atoms with E-state index in [4.69, 9.17) is 4.42 Å². The molecule has 0 aliphatic carbocycles. The SMILES string of the molecule is CCCCCCCC(O)c1ccco1. The van der Waals surface area contributed by atoms with Crippen LogP contribution in [0.1, 0.15) is 57.3 Å². The van der Waals surface area contributed by atoms with Crippen LogP contribution in [0.3, 0.4) is 0 Å². The van der Waals surface area contributed by atoms with Gasteiger partial charge in [0, 0.05) is 0 Å². The molecular formula is C12H20O2. The normalized spacial score (nSPS) is 13.0. The fourth-order valence-corrected chi connectivity index (χ4v) is 1.56. The van der Waals surface area contributed by atoms with Crippen LogP contribution in [0, 0.1) is 0 Å². The number of aliphatic hydroxyl groups is 1. The van der Waals surface area contributed by atoms with E-state index in [0.29, 0.717) is 5.76 Å². The number of hydrogen-bond donors (Lipinski definition) is 1. The van der Waals surface area contributed by atoms with Crippen molar-refractivity contribution in [2.45, 2.75) is 51.6 Å². The van der Waals surface area contributed by atoms with Crippen molar-refractivity contribution in [3.8, 4) is 0 Å². The van der Waals surface area contributed by atoms with E-state index in [9.17, 15) is 5.11 Å². The Morgan fingerprint density at radius 1 is 1.29 bits per heavy atom. The molecule has 0 bridgehead atoms. The Hall–Kier alpha value is -0.760. The molecule has 2 nitrogen and oxygen atoms in total. The van der Waals surface area contributed by atoms with Crippen LogP contribution in [0.4, 0.5) is 0 Å². The summed E-state index contributed by atoms with van der Waals surface area (Å²) >= 11 is 0. The first-order valence-corrected chi connectivity index (χ1v) is 5.56. The summed E-state index contributed by atoms with van der Waals surface area (Å²) in [6, 6.07) is 3.65. The van der Waals surface area contributed by atoms with E-state index in [1.807, 2.05) is 12.1 Å². The minimum absolute atomic E-state index is 0.411. The van der Waals surface area contributed by atoms with Crippen LogP contribution in [-0.2, 0) is 0 Å². The first kappa shape index (κ1) is 11.3. The average molecular weight is 196 g/mol. The van der Waals surface area contributed by atoms with Gasteiger partial charge in [0.15, 0.2) is 0 Å². The predicted octanol–water partition coefficient (Wildman–Crippen LogP) is 3.67. The maximum absolute atomic E-state index is 9.67. The highest BCUT2D eigenvalue weighted by molar-refractivity contribution is 5.01. The van der Waals surface area contributed by atoms with Crippen LogP contribution >= 0.6 is 0 Å². The Balaban J connectivity index is 2.07. The first-order valence-electron chi connectivity index (χ1n) is 5.56. The number of hydrogen-bond acceptors (Lipinski definition) is 2. The number of unbranched alkanes of at least 4 members (excludes halogenated alkanes) is 4. The second-order valence-corrected chi connectivity index (χ2v) is 3.73. The minimum Gasteiger partial charge on any atom is -0.467 e. The number of furan rings is 1. The van der Waals surface area contributed by atoms with E-state index in [1.54, 1.807) is 6.26 Å². The summed E-state index contributed by atoms with van der Waals surface area (Å²) < 4.78 is 5.12. The van der Waals surface area contributed by atoms with Crippen molar-refractivity contribution in [3.05, 3.63) is 24.2 Å². The first-order chi connectivity index (χ1) is 6.84.